The highest BCUT2D eigenvalue weighted by Crippen LogP contribution is 2.05. The molecular weight excluding hydrogens is 256 g/mol. The van der Waals surface area contributed by atoms with E-state index in [-0.39, 0.29) is 0 Å². The zero-order valence-corrected chi connectivity index (χ0v) is 16.3. The lowest BCUT2D eigenvalue weighted by atomic mass is 10.1. The summed E-state index contributed by atoms with van der Waals surface area (Å²) < 4.78 is 0. The van der Waals surface area contributed by atoms with Crippen molar-refractivity contribution >= 4 is 0 Å². The average Bonchev–Trinajstić information content (AvgIpc) is 2.32. The van der Waals surface area contributed by atoms with Crippen molar-refractivity contribution in [2.75, 3.05) is 26.2 Å². The molecule has 130 valence electrons. The van der Waals surface area contributed by atoms with E-state index in [1.54, 1.807) is 0 Å². The van der Waals surface area contributed by atoms with Crippen LogP contribution in [0.2, 0.25) is 0 Å². The van der Waals surface area contributed by atoms with E-state index >= 15 is 0 Å². The van der Waals surface area contributed by atoms with Crippen molar-refractivity contribution in [2.45, 2.75) is 74.7 Å². The van der Waals surface area contributed by atoms with Crippen LogP contribution in [0.15, 0.2) is 0 Å². The topological polar surface area (TPSA) is 24.1 Å². The number of rotatable bonds is 11. The first-order valence-corrected chi connectivity index (χ1v) is 9.17. The first-order valence-electron chi connectivity index (χ1n) is 9.17. The Kier molecular flexibility index (Phi) is 18.0. The Morgan fingerprint density at radius 3 is 1.33 bits per heavy atom. The van der Waals surface area contributed by atoms with E-state index in [2.05, 4.69) is 66.0 Å². The maximum Gasteiger partial charge on any atom is -0.00257 e. The standard InChI is InChI=1S/C11H25N.C8H19N/c1-10(2)7-5-6-8-12-9-11(3)4;1-7(2)5-9-6-8(3)4/h10-12H,5-9H2,1-4H3;7-9H,5-6H2,1-4H3. The summed E-state index contributed by atoms with van der Waals surface area (Å²) in [5.41, 5.74) is 0. The molecule has 2 heteroatoms. The van der Waals surface area contributed by atoms with Gasteiger partial charge in [-0.05, 0) is 56.3 Å². The monoisotopic (exact) mass is 300 g/mol. The van der Waals surface area contributed by atoms with Crippen LogP contribution in [0, 0.1) is 23.7 Å². The summed E-state index contributed by atoms with van der Waals surface area (Å²) in [6.07, 6.45) is 4.09. The summed E-state index contributed by atoms with van der Waals surface area (Å²) in [5, 5.41) is 6.84. The smallest absolute Gasteiger partial charge is 0.00257 e. The van der Waals surface area contributed by atoms with Crippen LogP contribution in [0.4, 0.5) is 0 Å². The molecule has 0 bridgehead atoms. The molecule has 0 radical (unpaired) electrons. The van der Waals surface area contributed by atoms with Crippen molar-refractivity contribution < 1.29 is 0 Å². The van der Waals surface area contributed by atoms with E-state index in [1.165, 1.54) is 32.4 Å². The molecule has 0 aromatic rings. The molecule has 0 aromatic heterocycles. The summed E-state index contributed by atoms with van der Waals surface area (Å²) in [4.78, 5) is 0. The molecule has 0 fully saturated rings. The summed E-state index contributed by atoms with van der Waals surface area (Å²) in [6.45, 7) is 22.7. The average molecular weight is 301 g/mol. The zero-order valence-electron chi connectivity index (χ0n) is 16.3. The molecule has 0 aliphatic carbocycles. The molecule has 0 aromatic carbocycles. The Balaban J connectivity index is 0. The third-order valence-electron chi connectivity index (χ3n) is 3.04. The van der Waals surface area contributed by atoms with Crippen LogP contribution in [0.1, 0.15) is 74.7 Å². The van der Waals surface area contributed by atoms with Crippen LogP contribution < -0.4 is 10.6 Å². The van der Waals surface area contributed by atoms with Gasteiger partial charge in [0.05, 0.1) is 0 Å². The van der Waals surface area contributed by atoms with Gasteiger partial charge in [0.2, 0.25) is 0 Å². The van der Waals surface area contributed by atoms with Gasteiger partial charge >= 0.3 is 0 Å². The predicted octanol–water partition coefficient (Wildman–Crippen LogP) is 4.95. The summed E-state index contributed by atoms with van der Waals surface area (Å²) in [5.74, 6) is 3.22. The zero-order chi connectivity index (χ0) is 16.7. The van der Waals surface area contributed by atoms with Crippen molar-refractivity contribution in [3.8, 4) is 0 Å². The Morgan fingerprint density at radius 1 is 0.524 bits per heavy atom. The molecule has 0 unspecified atom stereocenters. The second kappa shape index (κ2) is 16.3. The highest BCUT2D eigenvalue weighted by atomic mass is 14.9. The normalized spacial score (nSPS) is 11.4. The van der Waals surface area contributed by atoms with Crippen LogP contribution in [0.3, 0.4) is 0 Å². The molecule has 0 saturated heterocycles. The SMILES string of the molecule is CC(C)CCCCNCC(C)C.CC(C)CNCC(C)C. The molecule has 0 aliphatic rings. The van der Waals surface area contributed by atoms with Crippen molar-refractivity contribution in [3.63, 3.8) is 0 Å². The van der Waals surface area contributed by atoms with E-state index < -0.39 is 0 Å². The minimum Gasteiger partial charge on any atom is -0.316 e. The van der Waals surface area contributed by atoms with Gasteiger partial charge in [-0.25, -0.2) is 0 Å². The molecule has 0 atom stereocenters. The van der Waals surface area contributed by atoms with Gasteiger partial charge in [-0.2, -0.15) is 0 Å². The summed E-state index contributed by atoms with van der Waals surface area (Å²) in [7, 11) is 0. The summed E-state index contributed by atoms with van der Waals surface area (Å²) >= 11 is 0. The summed E-state index contributed by atoms with van der Waals surface area (Å²) in [6, 6.07) is 0. The van der Waals surface area contributed by atoms with Crippen LogP contribution in [-0.4, -0.2) is 26.2 Å². The highest BCUT2D eigenvalue weighted by molar-refractivity contribution is 4.53. The molecule has 21 heavy (non-hydrogen) atoms. The quantitative estimate of drug-likeness (QED) is 0.528. The first kappa shape index (κ1) is 23.2. The molecule has 0 heterocycles. The third kappa shape index (κ3) is 28.7. The molecule has 0 spiro atoms. The first-order chi connectivity index (χ1) is 9.75. The molecule has 2 N–H and O–H groups in total. The lowest BCUT2D eigenvalue weighted by molar-refractivity contribution is 0.497. The number of unbranched alkanes of at least 4 members (excludes halogenated alkanes) is 1. The molecular formula is C19H44N2. The van der Waals surface area contributed by atoms with Gasteiger partial charge in [-0.1, -0.05) is 68.2 Å². The third-order valence-corrected chi connectivity index (χ3v) is 3.04. The van der Waals surface area contributed by atoms with Crippen LogP contribution >= 0.6 is 0 Å². The fourth-order valence-corrected chi connectivity index (χ4v) is 1.85. The minimum atomic E-state index is 0.781. The van der Waals surface area contributed by atoms with E-state index in [9.17, 15) is 0 Å². The molecule has 0 saturated carbocycles. The van der Waals surface area contributed by atoms with Crippen molar-refractivity contribution in [1.82, 2.24) is 10.6 Å². The van der Waals surface area contributed by atoms with Crippen molar-refractivity contribution in [3.05, 3.63) is 0 Å². The van der Waals surface area contributed by atoms with Gasteiger partial charge in [0, 0.05) is 0 Å². The largest absolute Gasteiger partial charge is 0.316 e. The maximum absolute atomic E-state index is 3.46. The second-order valence-corrected chi connectivity index (χ2v) is 7.93. The van der Waals surface area contributed by atoms with Crippen molar-refractivity contribution in [1.29, 1.82) is 0 Å². The molecule has 0 aliphatic heterocycles. The van der Waals surface area contributed by atoms with E-state index in [0.717, 1.165) is 36.8 Å². The Hall–Kier alpha value is -0.0800. The van der Waals surface area contributed by atoms with Gasteiger partial charge in [0.15, 0.2) is 0 Å². The Bertz CT molecular complexity index is 166. The predicted molar refractivity (Wildman–Crippen MR) is 98.9 cm³/mol. The molecule has 0 amide bonds. The number of hydrogen-bond acceptors (Lipinski definition) is 2. The number of nitrogens with one attached hydrogen (secondary N) is 2. The molecule has 0 rings (SSSR count). The highest BCUT2D eigenvalue weighted by Gasteiger charge is 1.95. The van der Waals surface area contributed by atoms with Gasteiger partial charge in [-0.15, -0.1) is 0 Å². The van der Waals surface area contributed by atoms with E-state index in [4.69, 9.17) is 0 Å². The maximum atomic E-state index is 3.46. The van der Waals surface area contributed by atoms with Gasteiger partial charge in [0.1, 0.15) is 0 Å². The second-order valence-electron chi connectivity index (χ2n) is 7.93. The van der Waals surface area contributed by atoms with Crippen LogP contribution in [0.5, 0.6) is 0 Å². The van der Waals surface area contributed by atoms with E-state index in [0.29, 0.717) is 0 Å². The van der Waals surface area contributed by atoms with E-state index in [1.807, 2.05) is 0 Å². The molecule has 2 nitrogen and oxygen atoms in total. The Morgan fingerprint density at radius 2 is 0.952 bits per heavy atom. The number of hydrogen-bond donors (Lipinski definition) is 2. The minimum absolute atomic E-state index is 0.781. The fourth-order valence-electron chi connectivity index (χ4n) is 1.85. The lowest BCUT2D eigenvalue weighted by Gasteiger charge is -2.08. The van der Waals surface area contributed by atoms with Gasteiger partial charge < -0.3 is 10.6 Å². The van der Waals surface area contributed by atoms with Crippen molar-refractivity contribution in [2.24, 2.45) is 23.7 Å². The van der Waals surface area contributed by atoms with Gasteiger partial charge in [-0.3, -0.25) is 0 Å². The lowest BCUT2D eigenvalue weighted by Crippen LogP contribution is -2.23. The fraction of sp³-hybridized carbons (Fsp3) is 1.00. The Labute approximate surface area is 135 Å². The van der Waals surface area contributed by atoms with Crippen LogP contribution in [0.25, 0.3) is 0 Å². The van der Waals surface area contributed by atoms with Crippen LogP contribution in [-0.2, 0) is 0 Å². The van der Waals surface area contributed by atoms with Gasteiger partial charge in [0.25, 0.3) is 0 Å².